The second-order valence-corrected chi connectivity index (χ2v) is 5.61. The Hall–Kier alpha value is -2.30. The Bertz CT molecular complexity index is 637. The largest absolute Gasteiger partial charge is 0.497 e. The molecule has 0 radical (unpaired) electrons. The Morgan fingerprint density at radius 3 is 3.00 bits per heavy atom. The molecular weight excluding hydrogens is 292 g/mol. The number of rotatable bonds is 8. The second kappa shape index (κ2) is 8.36. The summed E-state index contributed by atoms with van der Waals surface area (Å²) in [5, 5.41) is 2.98. The first-order valence-electron chi connectivity index (χ1n) is 8.01. The Morgan fingerprint density at radius 1 is 1.43 bits per heavy atom. The van der Waals surface area contributed by atoms with Gasteiger partial charge in [-0.25, -0.2) is 4.98 Å². The van der Waals surface area contributed by atoms with Crippen LogP contribution in [0.15, 0.2) is 34.9 Å². The maximum atomic E-state index is 11.9. The summed E-state index contributed by atoms with van der Waals surface area (Å²) in [6, 6.07) is 7.82. The molecule has 0 aliphatic rings. The number of methoxy groups -OCH3 is 1. The van der Waals surface area contributed by atoms with Crippen LogP contribution in [0.25, 0.3) is 11.3 Å². The van der Waals surface area contributed by atoms with Crippen molar-refractivity contribution in [3.8, 4) is 17.1 Å². The molecule has 1 aromatic heterocycles. The summed E-state index contributed by atoms with van der Waals surface area (Å²) in [4.78, 5) is 16.1. The molecule has 2 rings (SSSR count). The number of amides is 1. The fourth-order valence-electron chi connectivity index (χ4n) is 2.41. The second-order valence-electron chi connectivity index (χ2n) is 5.61. The van der Waals surface area contributed by atoms with Gasteiger partial charge in [0.2, 0.25) is 5.91 Å². The smallest absolute Gasteiger partial charge is 0.220 e. The summed E-state index contributed by atoms with van der Waals surface area (Å²) >= 11 is 0. The molecular formula is C18H24N2O3. The van der Waals surface area contributed by atoms with E-state index in [0.29, 0.717) is 24.5 Å². The molecule has 5 heteroatoms. The number of ether oxygens (including phenoxy) is 1. The number of carbonyl (C=O) groups excluding carboxylic acids is 1. The minimum atomic E-state index is 0.0343. The van der Waals surface area contributed by atoms with Gasteiger partial charge in [-0.05, 0) is 25.5 Å². The van der Waals surface area contributed by atoms with Crippen LogP contribution in [-0.2, 0) is 11.2 Å². The number of benzene rings is 1. The first-order valence-corrected chi connectivity index (χ1v) is 8.01. The van der Waals surface area contributed by atoms with Crippen LogP contribution in [0.4, 0.5) is 0 Å². The molecule has 23 heavy (non-hydrogen) atoms. The van der Waals surface area contributed by atoms with Crippen molar-refractivity contribution in [3.63, 3.8) is 0 Å². The minimum absolute atomic E-state index is 0.0343. The van der Waals surface area contributed by atoms with Crippen LogP contribution in [-0.4, -0.2) is 24.0 Å². The summed E-state index contributed by atoms with van der Waals surface area (Å²) in [5.41, 5.74) is 0.907. The topological polar surface area (TPSA) is 64.4 Å². The third-order valence-electron chi connectivity index (χ3n) is 3.60. The van der Waals surface area contributed by atoms with E-state index in [0.717, 1.165) is 24.2 Å². The van der Waals surface area contributed by atoms with E-state index in [9.17, 15) is 4.79 Å². The molecule has 1 atom stereocenters. The SMILES string of the molecule is CCC[C@H](C)NC(=O)CCc1ncc(-c2cccc(OC)c2)o1. The highest BCUT2D eigenvalue weighted by Crippen LogP contribution is 2.24. The maximum Gasteiger partial charge on any atom is 0.220 e. The fraction of sp³-hybridized carbons (Fsp3) is 0.444. The highest BCUT2D eigenvalue weighted by atomic mass is 16.5. The van der Waals surface area contributed by atoms with E-state index in [1.54, 1.807) is 13.3 Å². The number of hydrogen-bond donors (Lipinski definition) is 1. The molecule has 0 aliphatic heterocycles. The summed E-state index contributed by atoms with van der Waals surface area (Å²) in [6.07, 6.45) is 4.61. The van der Waals surface area contributed by atoms with Crippen LogP contribution in [0.3, 0.4) is 0 Å². The Morgan fingerprint density at radius 2 is 2.26 bits per heavy atom. The first kappa shape index (κ1) is 17.1. The van der Waals surface area contributed by atoms with Gasteiger partial charge in [-0.15, -0.1) is 0 Å². The Balaban J connectivity index is 1.91. The van der Waals surface area contributed by atoms with Crippen LogP contribution >= 0.6 is 0 Å². The van der Waals surface area contributed by atoms with Gasteiger partial charge < -0.3 is 14.5 Å². The molecule has 124 valence electrons. The Kier molecular flexibility index (Phi) is 6.20. The van der Waals surface area contributed by atoms with Crippen molar-refractivity contribution in [1.29, 1.82) is 0 Å². The van der Waals surface area contributed by atoms with Crippen molar-refractivity contribution in [1.82, 2.24) is 10.3 Å². The van der Waals surface area contributed by atoms with Gasteiger partial charge in [0.15, 0.2) is 11.7 Å². The molecule has 1 N–H and O–H groups in total. The summed E-state index contributed by atoms with van der Waals surface area (Å²) in [7, 11) is 1.63. The lowest BCUT2D eigenvalue weighted by Gasteiger charge is -2.11. The average molecular weight is 316 g/mol. The van der Waals surface area contributed by atoms with E-state index in [-0.39, 0.29) is 11.9 Å². The van der Waals surface area contributed by atoms with Crippen molar-refractivity contribution in [2.45, 2.75) is 45.6 Å². The van der Waals surface area contributed by atoms with Crippen LogP contribution in [0.1, 0.15) is 39.0 Å². The van der Waals surface area contributed by atoms with Crippen LogP contribution in [0.2, 0.25) is 0 Å². The summed E-state index contributed by atoms with van der Waals surface area (Å²) < 4.78 is 10.9. The zero-order chi connectivity index (χ0) is 16.7. The van der Waals surface area contributed by atoms with E-state index in [1.165, 1.54) is 0 Å². The molecule has 0 spiro atoms. The highest BCUT2D eigenvalue weighted by molar-refractivity contribution is 5.76. The third kappa shape index (κ3) is 5.13. The molecule has 0 bridgehead atoms. The molecule has 0 saturated carbocycles. The summed E-state index contributed by atoms with van der Waals surface area (Å²) in [5.74, 6) is 2.05. The minimum Gasteiger partial charge on any atom is -0.497 e. The fourth-order valence-corrected chi connectivity index (χ4v) is 2.41. The van der Waals surface area contributed by atoms with E-state index in [1.807, 2.05) is 31.2 Å². The zero-order valence-electron chi connectivity index (χ0n) is 14.0. The molecule has 5 nitrogen and oxygen atoms in total. The van der Waals surface area contributed by atoms with Crippen molar-refractivity contribution in [3.05, 3.63) is 36.4 Å². The van der Waals surface area contributed by atoms with Gasteiger partial charge >= 0.3 is 0 Å². The van der Waals surface area contributed by atoms with Crippen LogP contribution < -0.4 is 10.1 Å². The van der Waals surface area contributed by atoms with Crippen molar-refractivity contribution in [2.75, 3.05) is 7.11 Å². The number of aryl methyl sites for hydroxylation is 1. The molecule has 2 aromatic rings. The zero-order valence-corrected chi connectivity index (χ0v) is 14.0. The monoisotopic (exact) mass is 316 g/mol. The lowest BCUT2D eigenvalue weighted by atomic mass is 10.2. The molecule has 1 heterocycles. The number of carbonyl (C=O) groups is 1. The number of oxazole rings is 1. The van der Waals surface area contributed by atoms with Crippen molar-refractivity contribution >= 4 is 5.91 Å². The third-order valence-corrected chi connectivity index (χ3v) is 3.60. The van der Waals surface area contributed by atoms with Gasteiger partial charge in [-0.1, -0.05) is 25.5 Å². The summed E-state index contributed by atoms with van der Waals surface area (Å²) in [6.45, 7) is 4.13. The molecule has 0 unspecified atom stereocenters. The normalized spacial score (nSPS) is 12.0. The predicted octanol–water partition coefficient (Wildman–Crippen LogP) is 3.59. The van der Waals surface area contributed by atoms with E-state index < -0.39 is 0 Å². The predicted molar refractivity (Wildman–Crippen MR) is 89.3 cm³/mol. The molecule has 1 amide bonds. The van der Waals surface area contributed by atoms with E-state index in [2.05, 4.69) is 17.2 Å². The molecule has 0 saturated heterocycles. The van der Waals surface area contributed by atoms with Gasteiger partial charge in [-0.3, -0.25) is 4.79 Å². The highest BCUT2D eigenvalue weighted by Gasteiger charge is 2.11. The van der Waals surface area contributed by atoms with E-state index >= 15 is 0 Å². The standard InChI is InChI=1S/C18H24N2O3/c1-4-6-13(2)20-17(21)9-10-18-19-12-16(23-18)14-7-5-8-15(11-14)22-3/h5,7-8,11-13H,4,6,9-10H2,1-3H3,(H,20,21)/t13-/m0/s1. The van der Waals surface area contributed by atoms with Crippen LogP contribution in [0, 0.1) is 0 Å². The molecule has 0 aliphatic carbocycles. The van der Waals surface area contributed by atoms with Gasteiger partial charge in [0.25, 0.3) is 0 Å². The van der Waals surface area contributed by atoms with E-state index in [4.69, 9.17) is 9.15 Å². The van der Waals surface area contributed by atoms with Crippen molar-refractivity contribution < 1.29 is 13.9 Å². The first-order chi connectivity index (χ1) is 11.1. The number of hydrogen-bond acceptors (Lipinski definition) is 4. The number of nitrogens with zero attached hydrogens (tertiary/aromatic N) is 1. The van der Waals surface area contributed by atoms with Gasteiger partial charge in [0.1, 0.15) is 5.75 Å². The maximum absolute atomic E-state index is 11.9. The number of aromatic nitrogens is 1. The lowest BCUT2D eigenvalue weighted by Crippen LogP contribution is -2.32. The lowest BCUT2D eigenvalue weighted by molar-refractivity contribution is -0.121. The van der Waals surface area contributed by atoms with Gasteiger partial charge in [0, 0.05) is 24.4 Å². The molecule has 1 aromatic carbocycles. The Labute approximate surface area is 137 Å². The number of nitrogens with one attached hydrogen (secondary N) is 1. The van der Waals surface area contributed by atoms with Gasteiger partial charge in [-0.2, -0.15) is 0 Å². The van der Waals surface area contributed by atoms with Crippen molar-refractivity contribution in [2.24, 2.45) is 0 Å². The quantitative estimate of drug-likeness (QED) is 0.808. The molecule has 0 fully saturated rings. The van der Waals surface area contributed by atoms with Gasteiger partial charge in [0.05, 0.1) is 13.3 Å². The van der Waals surface area contributed by atoms with Crippen LogP contribution in [0.5, 0.6) is 5.75 Å². The average Bonchev–Trinajstić information content (AvgIpc) is 3.02.